The lowest BCUT2D eigenvalue weighted by atomic mass is 10.1. The fourth-order valence-electron chi connectivity index (χ4n) is 1.03. The van der Waals surface area contributed by atoms with Crippen LogP contribution in [-0.4, -0.2) is 7.11 Å². The average Bonchev–Trinajstić information content (AvgIpc) is 2.16. The van der Waals surface area contributed by atoms with E-state index in [4.69, 9.17) is 22.1 Å². The van der Waals surface area contributed by atoms with Crippen LogP contribution in [0.15, 0.2) is 30.9 Å². The molecule has 0 saturated carbocycles. The molecule has 2 N–H and O–H groups in total. The lowest BCUT2D eigenvalue weighted by Crippen LogP contribution is -2.06. The van der Waals surface area contributed by atoms with E-state index in [0.29, 0.717) is 5.02 Å². The summed E-state index contributed by atoms with van der Waals surface area (Å²) in [7, 11) is 1.60. The molecule has 0 spiro atoms. The minimum Gasteiger partial charge on any atom is -0.497 e. The molecule has 0 amide bonds. The number of hydrogen-bond donors (Lipinski definition) is 1. The molecule has 0 aliphatic heterocycles. The Morgan fingerprint density at radius 1 is 1.62 bits per heavy atom. The summed E-state index contributed by atoms with van der Waals surface area (Å²) in [6, 6.07) is 5.18. The number of rotatable bonds is 3. The SMILES string of the molecule is C=C[C@H](N)c1ccc(OC)cc1Cl. The quantitative estimate of drug-likeness (QED) is 0.756. The van der Waals surface area contributed by atoms with Gasteiger partial charge in [-0.3, -0.25) is 0 Å². The first kappa shape index (κ1) is 10.1. The van der Waals surface area contributed by atoms with E-state index in [2.05, 4.69) is 6.58 Å². The molecular weight excluding hydrogens is 186 g/mol. The largest absolute Gasteiger partial charge is 0.497 e. The Bertz CT molecular complexity index is 312. The molecule has 0 bridgehead atoms. The predicted molar refractivity (Wildman–Crippen MR) is 55.1 cm³/mol. The van der Waals surface area contributed by atoms with E-state index in [0.717, 1.165) is 11.3 Å². The van der Waals surface area contributed by atoms with E-state index in [9.17, 15) is 0 Å². The Hall–Kier alpha value is -0.990. The van der Waals surface area contributed by atoms with E-state index >= 15 is 0 Å². The Balaban J connectivity index is 3.04. The molecule has 2 nitrogen and oxygen atoms in total. The average molecular weight is 198 g/mol. The van der Waals surface area contributed by atoms with Crippen LogP contribution in [0.2, 0.25) is 5.02 Å². The molecule has 0 radical (unpaired) electrons. The van der Waals surface area contributed by atoms with Gasteiger partial charge >= 0.3 is 0 Å². The monoisotopic (exact) mass is 197 g/mol. The topological polar surface area (TPSA) is 35.2 Å². The van der Waals surface area contributed by atoms with Gasteiger partial charge in [-0.25, -0.2) is 0 Å². The fourth-order valence-corrected chi connectivity index (χ4v) is 1.33. The molecular formula is C10H12ClNO. The van der Waals surface area contributed by atoms with Crippen molar-refractivity contribution in [2.75, 3.05) is 7.11 Å². The number of hydrogen-bond acceptors (Lipinski definition) is 2. The number of benzene rings is 1. The van der Waals surface area contributed by atoms with E-state index in [-0.39, 0.29) is 6.04 Å². The first-order chi connectivity index (χ1) is 6.19. The summed E-state index contributed by atoms with van der Waals surface area (Å²) >= 11 is 5.97. The zero-order chi connectivity index (χ0) is 9.84. The molecule has 0 heterocycles. The van der Waals surface area contributed by atoms with Crippen LogP contribution in [0.1, 0.15) is 11.6 Å². The van der Waals surface area contributed by atoms with Crippen molar-refractivity contribution in [2.24, 2.45) is 5.73 Å². The van der Waals surface area contributed by atoms with Gasteiger partial charge in [0.25, 0.3) is 0 Å². The van der Waals surface area contributed by atoms with Gasteiger partial charge in [-0.15, -0.1) is 6.58 Å². The van der Waals surface area contributed by atoms with Crippen LogP contribution in [0.4, 0.5) is 0 Å². The Morgan fingerprint density at radius 3 is 2.77 bits per heavy atom. The molecule has 0 saturated heterocycles. The van der Waals surface area contributed by atoms with Crippen LogP contribution in [0.3, 0.4) is 0 Å². The highest BCUT2D eigenvalue weighted by atomic mass is 35.5. The number of nitrogens with two attached hydrogens (primary N) is 1. The van der Waals surface area contributed by atoms with Gasteiger partial charge in [0.2, 0.25) is 0 Å². The highest BCUT2D eigenvalue weighted by Crippen LogP contribution is 2.26. The maximum Gasteiger partial charge on any atom is 0.120 e. The van der Waals surface area contributed by atoms with Crippen molar-refractivity contribution < 1.29 is 4.74 Å². The van der Waals surface area contributed by atoms with Gasteiger partial charge in [-0.1, -0.05) is 23.7 Å². The van der Waals surface area contributed by atoms with Gasteiger partial charge < -0.3 is 10.5 Å². The number of ether oxygens (including phenoxy) is 1. The molecule has 70 valence electrons. The Kier molecular flexibility index (Phi) is 3.34. The molecule has 0 aromatic heterocycles. The summed E-state index contributed by atoms with van der Waals surface area (Å²) in [5.74, 6) is 0.727. The zero-order valence-corrected chi connectivity index (χ0v) is 8.21. The molecule has 1 atom stereocenters. The van der Waals surface area contributed by atoms with Crippen molar-refractivity contribution in [3.8, 4) is 5.75 Å². The number of methoxy groups -OCH3 is 1. The van der Waals surface area contributed by atoms with E-state index in [1.165, 1.54) is 0 Å². The van der Waals surface area contributed by atoms with Crippen molar-refractivity contribution in [2.45, 2.75) is 6.04 Å². The van der Waals surface area contributed by atoms with Crippen LogP contribution in [0, 0.1) is 0 Å². The molecule has 0 aliphatic carbocycles. The summed E-state index contributed by atoms with van der Waals surface area (Å²) in [6.45, 7) is 3.61. The predicted octanol–water partition coefficient (Wildman–Crippen LogP) is 2.53. The van der Waals surface area contributed by atoms with E-state index in [1.54, 1.807) is 19.3 Å². The van der Waals surface area contributed by atoms with Crippen LogP contribution in [-0.2, 0) is 0 Å². The maximum atomic E-state index is 5.97. The second-order valence-corrected chi connectivity index (χ2v) is 3.06. The second kappa shape index (κ2) is 4.30. The van der Waals surface area contributed by atoms with Crippen LogP contribution in [0.25, 0.3) is 0 Å². The molecule has 3 heteroatoms. The molecule has 0 unspecified atom stereocenters. The molecule has 13 heavy (non-hydrogen) atoms. The summed E-state index contributed by atoms with van der Waals surface area (Å²) in [4.78, 5) is 0. The third kappa shape index (κ3) is 2.23. The summed E-state index contributed by atoms with van der Waals surface area (Å²) in [5.41, 5.74) is 6.60. The van der Waals surface area contributed by atoms with Gasteiger partial charge in [0.1, 0.15) is 5.75 Å². The van der Waals surface area contributed by atoms with Gasteiger partial charge in [0.05, 0.1) is 7.11 Å². The van der Waals surface area contributed by atoms with Gasteiger partial charge in [-0.05, 0) is 17.7 Å². The normalized spacial score (nSPS) is 12.2. The highest BCUT2D eigenvalue weighted by molar-refractivity contribution is 6.31. The third-order valence-electron chi connectivity index (χ3n) is 1.82. The molecule has 1 rings (SSSR count). The zero-order valence-electron chi connectivity index (χ0n) is 7.46. The Morgan fingerprint density at radius 2 is 2.31 bits per heavy atom. The van der Waals surface area contributed by atoms with Gasteiger partial charge in [-0.2, -0.15) is 0 Å². The van der Waals surface area contributed by atoms with E-state index < -0.39 is 0 Å². The fraction of sp³-hybridized carbons (Fsp3) is 0.200. The third-order valence-corrected chi connectivity index (χ3v) is 2.15. The standard InChI is InChI=1S/C10H12ClNO/c1-3-10(12)8-5-4-7(13-2)6-9(8)11/h3-6,10H,1,12H2,2H3/t10-/m0/s1. The van der Waals surface area contributed by atoms with Crippen LogP contribution in [0.5, 0.6) is 5.75 Å². The smallest absolute Gasteiger partial charge is 0.120 e. The Labute approximate surface area is 83.0 Å². The summed E-state index contributed by atoms with van der Waals surface area (Å²) in [5, 5.41) is 0.603. The van der Waals surface area contributed by atoms with Crippen LogP contribution >= 0.6 is 11.6 Å². The van der Waals surface area contributed by atoms with Gasteiger partial charge in [0, 0.05) is 11.1 Å². The van der Waals surface area contributed by atoms with Crippen molar-refractivity contribution in [1.82, 2.24) is 0 Å². The first-order valence-corrected chi connectivity index (χ1v) is 4.28. The molecule has 1 aromatic rings. The van der Waals surface area contributed by atoms with Crippen LogP contribution < -0.4 is 10.5 Å². The summed E-state index contributed by atoms with van der Waals surface area (Å²) < 4.78 is 5.01. The maximum absolute atomic E-state index is 5.97. The number of halogens is 1. The lowest BCUT2D eigenvalue weighted by molar-refractivity contribution is 0.414. The van der Waals surface area contributed by atoms with E-state index in [1.807, 2.05) is 12.1 Å². The summed E-state index contributed by atoms with van der Waals surface area (Å²) in [6.07, 6.45) is 1.65. The van der Waals surface area contributed by atoms with Crippen molar-refractivity contribution in [1.29, 1.82) is 0 Å². The minimum absolute atomic E-state index is 0.224. The second-order valence-electron chi connectivity index (χ2n) is 2.65. The molecule has 1 aromatic carbocycles. The molecule has 0 fully saturated rings. The highest BCUT2D eigenvalue weighted by Gasteiger charge is 2.06. The van der Waals surface area contributed by atoms with Gasteiger partial charge in [0.15, 0.2) is 0 Å². The minimum atomic E-state index is -0.224. The van der Waals surface area contributed by atoms with Crippen molar-refractivity contribution in [3.05, 3.63) is 41.4 Å². The first-order valence-electron chi connectivity index (χ1n) is 3.90. The lowest BCUT2D eigenvalue weighted by Gasteiger charge is -2.09. The van der Waals surface area contributed by atoms with Crippen molar-refractivity contribution >= 4 is 11.6 Å². The molecule has 0 aliphatic rings. The van der Waals surface area contributed by atoms with Crippen molar-refractivity contribution in [3.63, 3.8) is 0 Å².